The number of aromatic nitrogens is 4. The summed E-state index contributed by atoms with van der Waals surface area (Å²) in [6, 6.07) is 7.41. The van der Waals surface area contributed by atoms with Gasteiger partial charge in [0.15, 0.2) is 5.82 Å². The van der Waals surface area contributed by atoms with Crippen LogP contribution in [0, 0.1) is 0 Å². The first kappa shape index (κ1) is 12.5. The second kappa shape index (κ2) is 5.59. The van der Waals surface area contributed by atoms with Crippen molar-refractivity contribution in [1.29, 1.82) is 0 Å². The molecule has 1 atom stereocenters. The van der Waals surface area contributed by atoms with Crippen LogP contribution in [0.1, 0.15) is 32.1 Å². The number of nitrogens with zero attached hydrogens (tertiary/aromatic N) is 4. The molecular weight excluding hydrogens is 230 g/mol. The van der Waals surface area contributed by atoms with Crippen molar-refractivity contribution in [2.24, 2.45) is 5.73 Å². The van der Waals surface area contributed by atoms with Crippen LogP contribution in [0.5, 0.6) is 5.75 Å². The van der Waals surface area contributed by atoms with Crippen LogP contribution in [-0.4, -0.2) is 26.8 Å². The quantitative estimate of drug-likeness (QED) is 0.865. The van der Waals surface area contributed by atoms with Crippen LogP contribution in [0.15, 0.2) is 24.3 Å². The standard InChI is InChI=1S/C12H17N5O/c1-3-8-18-11-6-4-10(5-7-11)17-12(9(2)13)14-15-16-17/h4-7,9H,3,8,13H2,1-2H3. The monoisotopic (exact) mass is 247 g/mol. The smallest absolute Gasteiger partial charge is 0.173 e. The lowest BCUT2D eigenvalue weighted by molar-refractivity contribution is 0.317. The zero-order valence-corrected chi connectivity index (χ0v) is 10.6. The van der Waals surface area contributed by atoms with E-state index >= 15 is 0 Å². The fourth-order valence-corrected chi connectivity index (χ4v) is 1.57. The van der Waals surface area contributed by atoms with Gasteiger partial charge in [0, 0.05) is 0 Å². The number of ether oxygens (including phenoxy) is 1. The molecule has 6 nitrogen and oxygen atoms in total. The van der Waals surface area contributed by atoms with Crippen molar-refractivity contribution in [3.05, 3.63) is 30.1 Å². The molecule has 0 fully saturated rings. The van der Waals surface area contributed by atoms with E-state index < -0.39 is 0 Å². The number of benzene rings is 1. The minimum absolute atomic E-state index is 0.212. The van der Waals surface area contributed by atoms with E-state index in [1.807, 2.05) is 31.2 Å². The first-order valence-electron chi connectivity index (χ1n) is 5.99. The van der Waals surface area contributed by atoms with Gasteiger partial charge in [-0.2, -0.15) is 4.68 Å². The van der Waals surface area contributed by atoms with Gasteiger partial charge in [0.05, 0.1) is 18.3 Å². The Bertz CT molecular complexity index is 491. The van der Waals surface area contributed by atoms with Gasteiger partial charge in [-0.15, -0.1) is 5.10 Å². The van der Waals surface area contributed by atoms with E-state index in [1.165, 1.54) is 0 Å². The largest absolute Gasteiger partial charge is 0.494 e. The van der Waals surface area contributed by atoms with Gasteiger partial charge in [-0.25, -0.2) is 0 Å². The Morgan fingerprint density at radius 1 is 1.33 bits per heavy atom. The summed E-state index contributed by atoms with van der Waals surface area (Å²) in [7, 11) is 0. The molecular formula is C12H17N5O. The summed E-state index contributed by atoms with van der Waals surface area (Å²) in [4.78, 5) is 0. The van der Waals surface area contributed by atoms with Crippen LogP contribution in [0.25, 0.3) is 5.69 Å². The molecule has 0 spiro atoms. The summed E-state index contributed by atoms with van der Waals surface area (Å²) < 4.78 is 7.15. The normalized spacial score (nSPS) is 12.4. The Hall–Kier alpha value is -1.95. The van der Waals surface area contributed by atoms with Crippen molar-refractivity contribution in [1.82, 2.24) is 20.2 Å². The Morgan fingerprint density at radius 2 is 2.06 bits per heavy atom. The molecule has 96 valence electrons. The topological polar surface area (TPSA) is 78.8 Å². The molecule has 0 aliphatic rings. The van der Waals surface area contributed by atoms with Crippen LogP contribution in [0.3, 0.4) is 0 Å². The summed E-state index contributed by atoms with van der Waals surface area (Å²) in [5.74, 6) is 1.48. The first-order valence-corrected chi connectivity index (χ1v) is 5.99. The zero-order valence-electron chi connectivity index (χ0n) is 10.6. The van der Waals surface area contributed by atoms with E-state index in [-0.39, 0.29) is 6.04 Å². The van der Waals surface area contributed by atoms with Crippen LogP contribution in [0.2, 0.25) is 0 Å². The Morgan fingerprint density at radius 3 is 2.67 bits per heavy atom. The summed E-state index contributed by atoms with van der Waals surface area (Å²) in [5.41, 5.74) is 6.68. The van der Waals surface area contributed by atoms with E-state index in [2.05, 4.69) is 22.4 Å². The lowest BCUT2D eigenvalue weighted by Gasteiger charge is -2.08. The Kier molecular flexibility index (Phi) is 3.88. The summed E-state index contributed by atoms with van der Waals surface area (Å²) >= 11 is 0. The average molecular weight is 247 g/mol. The second-order valence-corrected chi connectivity index (χ2v) is 4.08. The van der Waals surface area contributed by atoms with E-state index in [1.54, 1.807) is 4.68 Å². The lowest BCUT2D eigenvalue weighted by Crippen LogP contribution is -2.13. The highest BCUT2D eigenvalue weighted by atomic mass is 16.5. The third-order valence-electron chi connectivity index (χ3n) is 2.46. The fourth-order valence-electron chi connectivity index (χ4n) is 1.57. The average Bonchev–Trinajstić information content (AvgIpc) is 2.86. The molecule has 18 heavy (non-hydrogen) atoms. The molecule has 2 aromatic rings. The highest BCUT2D eigenvalue weighted by Gasteiger charge is 2.11. The van der Waals surface area contributed by atoms with Crippen molar-refractivity contribution < 1.29 is 4.74 Å². The number of hydrogen-bond donors (Lipinski definition) is 1. The van der Waals surface area contributed by atoms with E-state index in [9.17, 15) is 0 Å². The van der Waals surface area contributed by atoms with Gasteiger partial charge >= 0.3 is 0 Å². The van der Waals surface area contributed by atoms with Crippen molar-refractivity contribution in [2.45, 2.75) is 26.3 Å². The van der Waals surface area contributed by atoms with Gasteiger partial charge < -0.3 is 10.5 Å². The molecule has 0 aliphatic heterocycles. The Balaban J connectivity index is 2.21. The molecule has 0 bridgehead atoms. The van der Waals surface area contributed by atoms with E-state index in [0.29, 0.717) is 5.82 Å². The van der Waals surface area contributed by atoms with Crippen molar-refractivity contribution in [3.63, 3.8) is 0 Å². The lowest BCUT2D eigenvalue weighted by atomic mass is 10.3. The van der Waals surface area contributed by atoms with Crippen LogP contribution in [0.4, 0.5) is 0 Å². The zero-order chi connectivity index (χ0) is 13.0. The summed E-state index contributed by atoms with van der Waals surface area (Å²) in [6.45, 7) is 4.64. The summed E-state index contributed by atoms with van der Waals surface area (Å²) in [6.07, 6.45) is 0.990. The molecule has 0 saturated carbocycles. The maximum Gasteiger partial charge on any atom is 0.173 e. The number of hydrogen-bond acceptors (Lipinski definition) is 5. The van der Waals surface area contributed by atoms with Gasteiger partial charge in [-0.3, -0.25) is 0 Å². The Labute approximate surface area is 106 Å². The third-order valence-corrected chi connectivity index (χ3v) is 2.46. The van der Waals surface area contributed by atoms with Crippen LogP contribution >= 0.6 is 0 Å². The number of tetrazole rings is 1. The minimum atomic E-state index is -0.212. The molecule has 1 heterocycles. The molecule has 0 aliphatic carbocycles. The highest BCUT2D eigenvalue weighted by molar-refractivity contribution is 5.37. The SMILES string of the molecule is CCCOc1ccc(-n2nnnc2C(C)N)cc1. The molecule has 2 rings (SSSR count). The maximum atomic E-state index is 5.80. The molecule has 1 aromatic carbocycles. The third kappa shape index (κ3) is 2.65. The minimum Gasteiger partial charge on any atom is -0.494 e. The molecule has 1 unspecified atom stereocenters. The van der Waals surface area contributed by atoms with Gasteiger partial charge in [0.1, 0.15) is 5.75 Å². The first-order chi connectivity index (χ1) is 8.72. The summed E-state index contributed by atoms with van der Waals surface area (Å²) in [5, 5.41) is 11.5. The van der Waals surface area contributed by atoms with E-state index in [0.717, 1.165) is 24.5 Å². The van der Waals surface area contributed by atoms with Crippen molar-refractivity contribution >= 4 is 0 Å². The molecule has 2 N–H and O–H groups in total. The number of nitrogens with two attached hydrogens (primary N) is 1. The fraction of sp³-hybridized carbons (Fsp3) is 0.417. The second-order valence-electron chi connectivity index (χ2n) is 4.08. The van der Waals surface area contributed by atoms with E-state index in [4.69, 9.17) is 10.5 Å². The highest BCUT2D eigenvalue weighted by Crippen LogP contribution is 2.17. The van der Waals surface area contributed by atoms with Crippen molar-refractivity contribution in [3.8, 4) is 11.4 Å². The number of rotatable bonds is 5. The van der Waals surface area contributed by atoms with Crippen LogP contribution in [-0.2, 0) is 0 Å². The molecule has 1 aromatic heterocycles. The molecule has 0 amide bonds. The van der Waals surface area contributed by atoms with Gasteiger partial charge in [0.2, 0.25) is 0 Å². The maximum absolute atomic E-state index is 5.80. The van der Waals surface area contributed by atoms with Crippen molar-refractivity contribution in [2.75, 3.05) is 6.61 Å². The predicted molar refractivity (Wildman–Crippen MR) is 67.5 cm³/mol. The van der Waals surface area contributed by atoms with Gasteiger partial charge in [-0.05, 0) is 48.0 Å². The molecule has 0 radical (unpaired) electrons. The van der Waals surface area contributed by atoms with Gasteiger partial charge in [-0.1, -0.05) is 6.92 Å². The molecule has 6 heteroatoms. The predicted octanol–water partition coefficient (Wildman–Crippen LogP) is 1.47. The van der Waals surface area contributed by atoms with Gasteiger partial charge in [0.25, 0.3) is 0 Å². The van der Waals surface area contributed by atoms with Crippen LogP contribution < -0.4 is 10.5 Å². The molecule has 0 saturated heterocycles.